The number of benzene rings is 2. The minimum Gasteiger partial charge on any atom is -0.497 e. The maximum absolute atomic E-state index is 13.6. The van der Waals surface area contributed by atoms with Gasteiger partial charge in [0.15, 0.2) is 11.5 Å². The predicted octanol–water partition coefficient (Wildman–Crippen LogP) is 1.62. The van der Waals surface area contributed by atoms with Crippen molar-refractivity contribution in [2.24, 2.45) is 5.92 Å². The first-order valence-corrected chi connectivity index (χ1v) is 13.5. The van der Waals surface area contributed by atoms with E-state index in [2.05, 4.69) is 5.32 Å². The van der Waals surface area contributed by atoms with Gasteiger partial charge in [-0.2, -0.15) is 0 Å². The van der Waals surface area contributed by atoms with Crippen LogP contribution >= 0.6 is 0 Å². The van der Waals surface area contributed by atoms with Crippen LogP contribution in [0, 0.1) is 5.92 Å². The Kier molecular flexibility index (Phi) is 8.09. The van der Waals surface area contributed by atoms with Crippen LogP contribution in [-0.2, 0) is 16.0 Å². The first-order valence-electron chi connectivity index (χ1n) is 13.5. The van der Waals surface area contributed by atoms with E-state index >= 15 is 0 Å². The molecule has 5 rings (SSSR count). The second-order valence-corrected chi connectivity index (χ2v) is 10.3. The molecule has 0 bridgehead atoms. The zero-order valence-electron chi connectivity index (χ0n) is 22.5. The van der Waals surface area contributed by atoms with Gasteiger partial charge >= 0.3 is 0 Å². The number of amides is 2. The molecule has 1 aliphatic heterocycles. The largest absolute Gasteiger partial charge is 0.497 e. The van der Waals surface area contributed by atoms with Crippen LogP contribution in [0.25, 0.3) is 0 Å². The summed E-state index contributed by atoms with van der Waals surface area (Å²) in [6.07, 6.45) is 2.34. The summed E-state index contributed by atoms with van der Waals surface area (Å²) in [5, 5.41) is 23.7. The highest BCUT2D eigenvalue weighted by molar-refractivity contribution is 5.96. The molecule has 40 heavy (non-hydrogen) atoms. The van der Waals surface area contributed by atoms with E-state index in [9.17, 15) is 24.6 Å². The highest BCUT2D eigenvalue weighted by Gasteiger charge is 2.52. The lowest BCUT2D eigenvalue weighted by molar-refractivity contribution is -0.138. The molecule has 0 saturated heterocycles. The Hall–Kier alpha value is -3.89. The fraction of sp³-hybridized carbons (Fsp3) is 0.433. The number of nitrogens with zero attached hydrogens (tertiary/aromatic N) is 1. The average molecular weight is 551 g/mol. The normalized spacial score (nSPS) is 22.8. The van der Waals surface area contributed by atoms with Crippen molar-refractivity contribution in [1.29, 1.82) is 0 Å². The number of carbonyl (C=O) groups excluding carboxylic acids is 3. The van der Waals surface area contributed by atoms with Gasteiger partial charge in [0.1, 0.15) is 24.2 Å². The number of methoxy groups -OCH3 is 2. The van der Waals surface area contributed by atoms with Gasteiger partial charge < -0.3 is 34.6 Å². The Morgan fingerprint density at radius 1 is 1.18 bits per heavy atom. The van der Waals surface area contributed by atoms with Gasteiger partial charge in [-0.15, -0.1) is 0 Å². The third kappa shape index (κ3) is 5.29. The summed E-state index contributed by atoms with van der Waals surface area (Å²) in [6.45, 7) is 0.101. The van der Waals surface area contributed by atoms with Crippen molar-refractivity contribution in [3.63, 3.8) is 0 Å². The molecule has 0 radical (unpaired) electrons. The van der Waals surface area contributed by atoms with Gasteiger partial charge in [0.25, 0.3) is 0 Å². The van der Waals surface area contributed by atoms with Crippen LogP contribution in [0.2, 0.25) is 0 Å². The first kappa shape index (κ1) is 27.7. The quantitative estimate of drug-likeness (QED) is 0.360. The SMILES string of the molecule is COc1cccc(CCN(C(=O)C2CC2)[C@@H]2C=C(C(=O)NCCO)[C@@H]3c4cc(C=O)cc(OC)c4O[C@@H]3[C@H]2O)c1. The molecule has 2 amide bonds. The second-order valence-electron chi connectivity index (χ2n) is 10.3. The zero-order valence-corrected chi connectivity index (χ0v) is 22.5. The van der Waals surface area contributed by atoms with Crippen LogP contribution in [0.3, 0.4) is 0 Å². The lowest BCUT2D eigenvalue weighted by atomic mass is 9.77. The number of rotatable bonds is 11. The van der Waals surface area contributed by atoms with Crippen LogP contribution < -0.4 is 19.5 Å². The minimum absolute atomic E-state index is 0.0345. The molecule has 2 aliphatic carbocycles. The number of ether oxygens (including phenoxy) is 3. The number of nitrogens with one attached hydrogen (secondary N) is 1. The number of hydrogen-bond donors (Lipinski definition) is 3. The Labute approximate surface area is 232 Å². The van der Waals surface area contributed by atoms with E-state index in [0.717, 1.165) is 18.4 Å². The van der Waals surface area contributed by atoms with Crippen molar-refractivity contribution in [2.75, 3.05) is 33.9 Å². The summed E-state index contributed by atoms with van der Waals surface area (Å²) >= 11 is 0. The summed E-state index contributed by atoms with van der Waals surface area (Å²) in [6, 6.07) is 9.93. The lowest BCUT2D eigenvalue weighted by Gasteiger charge is -2.41. The molecule has 0 spiro atoms. The number of aldehydes is 1. The maximum Gasteiger partial charge on any atom is 0.247 e. The maximum atomic E-state index is 13.6. The van der Waals surface area contributed by atoms with E-state index in [1.54, 1.807) is 30.2 Å². The molecule has 0 unspecified atom stereocenters. The molecule has 0 aromatic heterocycles. The van der Waals surface area contributed by atoms with Crippen LogP contribution in [0.5, 0.6) is 17.2 Å². The average Bonchev–Trinajstić information content (AvgIpc) is 3.76. The lowest BCUT2D eigenvalue weighted by Crippen LogP contribution is -2.56. The van der Waals surface area contributed by atoms with Crippen molar-refractivity contribution < 1.29 is 38.8 Å². The van der Waals surface area contributed by atoms with Gasteiger partial charge in [0.2, 0.25) is 11.8 Å². The summed E-state index contributed by atoms with van der Waals surface area (Å²) in [7, 11) is 3.05. The highest BCUT2D eigenvalue weighted by Crippen LogP contribution is 2.51. The number of carbonyl (C=O) groups is 3. The molecule has 1 saturated carbocycles. The van der Waals surface area contributed by atoms with Crippen molar-refractivity contribution >= 4 is 18.1 Å². The summed E-state index contributed by atoms with van der Waals surface area (Å²) < 4.78 is 17.0. The summed E-state index contributed by atoms with van der Waals surface area (Å²) in [5.74, 6) is 0.0309. The Bertz CT molecular complexity index is 1320. The zero-order chi connectivity index (χ0) is 28.4. The van der Waals surface area contributed by atoms with Crippen molar-refractivity contribution in [2.45, 2.75) is 43.4 Å². The molecule has 212 valence electrons. The third-order valence-electron chi connectivity index (χ3n) is 7.76. The van der Waals surface area contributed by atoms with Crippen molar-refractivity contribution in [3.8, 4) is 17.2 Å². The van der Waals surface area contributed by atoms with Crippen LogP contribution in [0.4, 0.5) is 0 Å². The molecular formula is C30H34N2O8. The fourth-order valence-electron chi connectivity index (χ4n) is 5.61. The molecule has 4 atom stereocenters. The van der Waals surface area contributed by atoms with Gasteiger partial charge in [0, 0.05) is 35.7 Å². The second kappa shape index (κ2) is 11.7. The predicted molar refractivity (Wildman–Crippen MR) is 145 cm³/mol. The molecule has 1 heterocycles. The first-order chi connectivity index (χ1) is 19.4. The van der Waals surface area contributed by atoms with Gasteiger partial charge in [-0.05, 0) is 55.2 Å². The van der Waals surface area contributed by atoms with E-state index in [1.807, 2.05) is 24.3 Å². The van der Waals surface area contributed by atoms with E-state index < -0.39 is 30.1 Å². The van der Waals surface area contributed by atoms with Crippen molar-refractivity contribution in [1.82, 2.24) is 10.2 Å². The Morgan fingerprint density at radius 2 is 1.98 bits per heavy atom. The molecule has 1 fully saturated rings. The summed E-state index contributed by atoms with van der Waals surface area (Å²) in [4.78, 5) is 40.3. The van der Waals surface area contributed by atoms with Gasteiger partial charge in [-0.1, -0.05) is 12.1 Å². The van der Waals surface area contributed by atoms with Crippen LogP contribution in [0.15, 0.2) is 48.0 Å². The molecule has 3 N–H and O–H groups in total. The van der Waals surface area contributed by atoms with E-state index in [4.69, 9.17) is 14.2 Å². The molecule has 10 heteroatoms. The van der Waals surface area contributed by atoms with Gasteiger partial charge in [-0.25, -0.2) is 0 Å². The van der Waals surface area contributed by atoms with Crippen LogP contribution in [0.1, 0.15) is 40.2 Å². The number of aliphatic hydroxyl groups excluding tert-OH is 2. The molecule has 10 nitrogen and oxygen atoms in total. The molecular weight excluding hydrogens is 516 g/mol. The smallest absolute Gasteiger partial charge is 0.247 e. The van der Waals surface area contributed by atoms with Gasteiger partial charge in [-0.3, -0.25) is 14.4 Å². The number of hydrogen-bond acceptors (Lipinski definition) is 8. The minimum atomic E-state index is -1.16. The van der Waals surface area contributed by atoms with Crippen molar-refractivity contribution in [3.05, 3.63) is 64.7 Å². The van der Waals surface area contributed by atoms with Gasteiger partial charge in [0.05, 0.1) is 32.8 Å². The van der Waals surface area contributed by atoms with E-state index in [0.29, 0.717) is 53.2 Å². The third-order valence-corrected chi connectivity index (χ3v) is 7.76. The van der Waals surface area contributed by atoms with E-state index in [1.165, 1.54) is 7.11 Å². The Balaban J connectivity index is 1.54. The molecule has 2 aromatic carbocycles. The summed E-state index contributed by atoms with van der Waals surface area (Å²) in [5.41, 5.74) is 2.16. The molecule has 3 aliphatic rings. The Morgan fingerprint density at radius 3 is 2.65 bits per heavy atom. The standard InChI is InChI=1S/C30H34N2O8/c1-38-20-5-3-4-17(12-20)8-10-32(30(37)19-6-7-19)23-15-22(29(36)31-9-11-33)25-21-13-18(16-34)14-24(39-2)27(21)40-28(25)26(23)35/h3-5,12-16,19,23,25-26,28,33,35H,6-11H2,1-2H3,(H,31,36)/t23-,25+,26+,28+/m1/s1. The highest BCUT2D eigenvalue weighted by atomic mass is 16.5. The number of aliphatic hydroxyl groups is 2. The molecule has 2 aromatic rings. The topological polar surface area (TPSA) is 135 Å². The monoisotopic (exact) mass is 550 g/mol. The van der Waals surface area contributed by atoms with E-state index in [-0.39, 0.29) is 25.0 Å². The fourth-order valence-corrected chi connectivity index (χ4v) is 5.61. The number of fused-ring (bicyclic) bond motifs is 3. The van der Waals surface area contributed by atoms with Crippen LogP contribution in [-0.4, -0.2) is 85.4 Å².